The minimum Gasteiger partial charge on any atom is -0.445 e. The van der Waals surface area contributed by atoms with Crippen LogP contribution < -0.4 is 37.6 Å². The number of primary amides is 1. The molecule has 474 valence electrons. The molecule has 0 saturated heterocycles. The predicted molar refractivity (Wildman–Crippen MR) is 332 cm³/mol. The number of aryl methyl sites for hydroxylation is 1. The van der Waals surface area contributed by atoms with Crippen LogP contribution in [-0.2, 0) is 73.9 Å². The lowest BCUT2D eigenvalue weighted by Crippen LogP contribution is -2.54. The fourth-order valence-corrected chi connectivity index (χ4v) is 9.46. The van der Waals surface area contributed by atoms with Gasteiger partial charge in [0.15, 0.2) is 5.65 Å². The molecule has 26 heteroatoms. The average Bonchev–Trinajstić information content (AvgIpc) is 1.69. The van der Waals surface area contributed by atoms with Crippen molar-refractivity contribution in [2.75, 3.05) is 71.3 Å². The fraction of sp³-hybridized carbons (Fsp3) is 0.359. The highest BCUT2D eigenvalue weighted by Gasteiger charge is 2.29. The number of ether oxygens (including phenoxy) is 5. The number of anilines is 1. The van der Waals surface area contributed by atoms with Crippen LogP contribution >= 0.6 is 0 Å². The minimum atomic E-state index is -1.06. The van der Waals surface area contributed by atoms with Crippen LogP contribution in [0.15, 0.2) is 128 Å². The van der Waals surface area contributed by atoms with Crippen LogP contribution in [0.25, 0.3) is 39.4 Å². The van der Waals surface area contributed by atoms with Gasteiger partial charge in [0, 0.05) is 61.3 Å². The maximum absolute atomic E-state index is 13.7. The van der Waals surface area contributed by atoms with Gasteiger partial charge in [-0.2, -0.15) is 5.10 Å². The van der Waals surface area contributed by atoms with Crippen molar-refractivity contribution in [3.8, 4) is 33.8 Å². The summed E-state index contributed by atoms with van der Waals surface area (Å²) in [6, 6.07) is 29.8. The molecular formula is C64H76N14O12. The number of nitrogens with two attached hydrogens (primary N) is 1. The summed E-state index contributed by atoms with van der Waals surface area (Å²) in [6.07, 6.45) is 5.65. The maximum Gasteiger partial charge on any atom is 0.407 e. The lowest BCUT2D eigenvalue weighted by atomic mass is 9.98. The highest BCUT2D eigenvalue weighted by Crippen LogP contribution is 2.30. The van der Waals surface area contributed by atoms with E-state index in [-0.39, 0.29) is 89.8 Å². The molecule has 3 aromatic carbocycles. The third-order valence-corrected chi connectivity index (χ3v) is 14.2. The maximum atomic E-state index is 13.7. The topological polar surface area (TPSA) is 339 Å². The zero-order chi connectivity index (χ0) is 63.6. The van der Waals surface area contributed by atoms with E-state index in [1.54, 1.807) is 42.6 Å². The number of carbonyl (C=O) groups is 7. The Morgan fingerprint density at radius 1 is 0.689 bits per heavy atom. The van der Waals surface area contributed by atoms with Crippen molar-refractivity contribution in [2.24, 2.45) is 11.7 Å². The van der Waals surface area contributed by atoms with E-state index >= 15 is 0 Å². The number of fused-ring (bicyclic) bond motifs is 1. The number of pyridine rings is 2. The molecule has 1 aliphatic rings. The molecule has 2 atom stereocenters. The number of carbonyl (C=O) groups excluding carboxylic acids is 7. The Kier molecular flexibility index (Phi) is 25.1. The van der Waals surface area contributed by atoms with E-state index in [2.05, 4.69) is 59.1 Å². The molecule has 9 N–H and O–H groups in total. The van der Waals surface area contributed by atoms with Crippen LogP contribution in [0.3, 0.4) is 0 Å². The Hall–Kier alpha value is -9.73. The van der Waals surface area contributed by atoms with Crippen LogP contribution in [0.1, 0.15) is 61.3 Å². The number of aromatic amines is 1. The van der Waals surface area contributed by atoms with Crippen molar-refractivity contribution < 1.29 is 57.2 Å². The number of hydrogen-bond donors (Lipinski definition) is 8. The molecule has 90 heavy (non-hydrogen) atoms. The molecule has 4 aromatic heterocycles. The van der Waals surface area contributed by atoms with Gasteiger partial charge in [-0.25, -0.2) is 24.1 Å². The molecule has 0 bridgehead atoms. The summed E-state index contributed by atoms with van der Waals surface area (Å²) in [6.45, 7) is 9.02. The number of imidazole rings is 1. The second-order valence-corrected chi connectivity index (χ2v) is 21.3. The van der Waals surface area contributed by atoms with Crippen molar-refractivity contribution >= 4 is 53.0 Å². The van der Waals surface area contributed by atoms with Crippen molar-refractivity contribution in [1.29, 1.82) is 0 Å². The van der Waals surface area contributed by atoms with Crippen molar-refractivity contribution in [1.82, 2.24) is 61.0 Å². The number of nitrogens with one attached hydrogen (secondary N) is 7. The number of imide groups is 1. The number of urea groups is 1. The van der Waals surface area contributed by atoms with Gasteiger partial charge in [0.1, 0.15) is 30.8 Å². The largest absolute Gasteiger partial charge is 0.445 e. The smallest absolute Gasteiger partial charge is 0.407 e. The van der Waals surface area contributed by atoms with Crippen LogP contribution in [0, 0.1) is 12.8 Å². The van der Waals surface area contributed by atoms with Gasteiger partial charge in [0.05, 0.1) is 83.0 Å². The molecule has 8 rings (SSSR count). The van der Waals surface area contributed by atoms with E-state index in [4.69, 9.17) is 39.4 Å². The molecule has 26 nitrogen and oxygen atoms in total. The number of rotatable bonds is 36. The van der Waals surface area contributed by atoms with E-state index in [1.807, 2.05) is 79.9 Å². The first-order chi connectivity index (χ1) is 43.7. The molecule has 1 aliphatic heterocycles. The van der Waals surface area contributed by atoms with Gasteiger partial charge in [-0.1, -0.05) is 80.6 Å². The highest BCUT2D eigenvalue weighted by molar-refractivity contribution is 6.12. The first-order valence-corrected chi connectivity index (χ1v) is 29.7. The monoisotopic (exact) mass is 1230 g/mol. The molecule has 0 saturated carbocycles. The molecule has 1 unspecified atom stereocenters. The molecule has 0 radical (unpaired) electrons. The molecule has 0 fully saturated rings. The van der Waals surface area contributed by atoms with Crippen molar-refractivity contribution in [3.63, 3.8) is 0 Å². The van der Waals surface area contributed by atoms with Gasteiger partial charge in [-0.3, -0.25) is 33.9 Å². The number of benzene rings is 3. The number of amides is 8. The Balaban J connectivity index is 0.731. The zero-order valence-corrected chi connectivity index (χ0v) is 50.5. The average molecular weight is 1230 g/mol. The second kappa shape index (κ2) is 34.1. The lowest BCUT2D eigenvalue weighted by Gasteiger charge is -2.25. The van der Waals surface area contributed by atoms with Gasteiger partial charge in [0.2, 0.25) is 17.7 Å². The Morgan fingerprint density at radius 2 is 1.38 bits per heavy atom. The summed E-state index contributed by atoms with van der Waals surface area (Å²) in [5.41, 5.74) is 15.2. The quantitative estimate of drug-likeness (QED) is 0.0183. The Morgan fingerprint density at radius 3 is 2.09 bits per heavy atom. The van der Waals surface area contributed by atoms with Gasteiger partial charge in [-0.15, -0.1) is 0 Å². The molecule has 8 amide bonds. The lowest BCUT2D eigenvalue weighted by molar-refractivity contribution is -0.137. The number of alkyl carbamates (subject to hydrolysis) is 1. The molecular weight excluding hydrogens is 1160 g/mol. The molecule has 0 spiro atoms. The predicted octanol–water partition coefficient (Wildman–Crippen LogP) is 5.27. The van der Waals surface area contributed by atoms with Crippen LogP contribution in [-0.4, -0.2) is 154 Å². The summed E-state index contributed by atoms with van der Waals surface area (Å²) < 4.78 is 29.1. The number of aromatic nitrogens is 6. The fourth-order valence-electron chi connectivity index (χ4n) is 9.46. The summed E-state index contributed by atoms with van der Waals surface area (Å²) >= 11 is 0. The van der Waals surface area contributed by atoms with Gasteiger partial charge < -0.3 is 66.3 Å². The van der Waals surface area contributed by atoms with Crippen LogP contribution in [0.4, 0.5) is 15.3 Å². The highest BCUT2D eigenvalue weighted by atomic mass is 16.6. The first-order valence-electron chi connectivity index (χ1n) is 29.7. The summed E-state index contributed by atoms with van der Waals surface area (Å²) in [4.78, 5) is 106. The van der Waals surface area contributed by atoms with Crippen molar-refractivity contribution in [3.05, 3.63) is 156 Å². The van der Waals surface area contributed by atoms with E-state index in [0.29, 0.717) is 50.6 Å². The van der Waals surface area contributed by atoms with Crippen LogP contribution in [0.5, 0.6) is 0 Å². The first kappa shape index (κ1) is 66.2. The number of nitrogens with zero attached hydrogens (tertiary/aromatic N) is 6. The van der Waals surface area contributed by atoms with Gasteiger partial charge in [0.25, 0.3) is 11.8 Å². The second-order valence-electron chi connectivity index (χ2n) is 21.3. The summed E-state index contributed by atoms with van der Waals surface area (Å²) in [5, 5.41) is 21.5. The normalized spacial score (nSPS) is 12.7. The number of H-pyrrole nitrogens is 1. The molecule has 7 aromatic rings. The third-order valence-electron chi connectivity index (χ3n) is 14.2. The summed E-state index contributed by atoms with van der Waals surface area (Å²) in [5.74, 6) is -1.84. The van der Waals surface area contributed by atoms with E-state index < -0.39 is 41.9 Å². The zero-order valence-electron chi connectivity index (χ0n) is 50.5. The molecule has 5 heterocycles. The SMILES string of the molecule is Cc1cccc(-c2[nH]c(CNCc3ccccc3-c3ccc(CNC(=O)OCc4ccc(NC(=O)[C@H](CCCNC(N)=O)NC(=O)C(NC(=O)CCOCCOCCOCCOCCN5C(=O)C=CC5=O)C(C)C)cc4)cc3)nc2-c2ccc3ncnn3c2)n1. The van der Waals surface area contributed by atoms with E-state index in [1.165, 1.54) is 18.5 Å². The molecule has 0 aliphatic carbocycles. The van der Waals surface area contributed by atoms with Gasteiger partial charge in [-0.05, 0) is 89.9 Å². The minimum absolute atomic E-state index is 0.0325. The Bertz CT molecular complexity index is 3550. The van der Waals surface area contributed by atoms with Crippen molar-refractivity contribution in [2.45, 2.75) is 78.4 Å². The van der Waals surface area contributed by atoms with E-state index in [9.17, 15) is 33.6 Å². The standard InChI is InChI=1S/C64H76N14O12/c1-42(2)58(76-55(79)25-28-86-30-32-88-34-35-89-33-31-87-29-27-77-56(80)23-24-57(77)81)62(83)73-52(12-7-26-67-63(65)84)61(82)72-49-20-15-45(16-21-49)40-90-64(85)68-36-44-13-17-46(18-14-44)50-10-5-4-9-47(50)37-66-38-53-74-59(48-19-22-54-69-41-70-78(54)39-48)60(75-53)51-11-6-8-43(3)71-51/h4-6,8-11,13-24,39,41-42,52,58,66H,7,12,25-38,40H2,1-3H3,(H,68,85)(H,72,82)(H,73,83)(H,74,75)(H,76,79)(H3,65,67,84)/t52-,58?/m0/s1. The van der Waals surface area contributed by atoms with Crippen LogP contribution in [0.2, 0.25) is 0 Å². The van der Waals surface area contributed by atoms with E-state index in [0.717, 1.165) is 67.0 Å². The third kappa shape index (κ3) is 20.4. The summed E-state index contributed by atoms with van der Waals surface area (Å²) in [7, 11) is 0. The Labute approximate surface area is 520 Å². The van der Waals surface area contributed by atoms with Gasteiger partial charge >= 0.3 is 12.1 Å². The number of hydrogen-bond acceptors (Lipinski definition) is 17.